The molecule has 0 amide bonds. The van der Waals surface area contributed by atoms with E-state index in [1.54, 1.807) is 24.9 Å². The topological polar surface area (TPSA) is 104 Å². The van der Waals surface area contributed by atoms with Crippen LogP contribution in [0.2, 0.25) is 0 Å². The Kier molecular flexibility index (Phi) is 4.56. The smallest absolute Gasteiger partial charge is 0.229 e. The summed E-state index contributed by atoms with van der Waals surface area (Å²) in [5.74, 6) is 1.02. The zero-order chi connectivity index (χ0) is 20.5. The number of nitrogens with zero attached hydrogens (tertiary/aromatic N) is 7. The minimum absolute atomic E-state index is 0.358. The monoisotopic (exact) mass is 400 g/mol. The number of hydrazone groups is 1. The summed E-state index contributed by atoms with van der Waals surface area (Å²) in [7, 11) is 0. The van der Waals surface area contributed by atoms with Gasteiger partial charge in [0.05, 0.1) is 24.2 Å². The number of β-amino-alcohol motifs (C(OH)–C–C–N with tert-alkyl or cyclic N) is 1. The summed E-state index contributed by atoms with van der Waals surface area (Å²) in [5.41, 5.74) is 7.26. The van der Waals surface area contributed by atoms with Crippen molar-refractivity contribution in [2.45, 2.75) is 13.0 Å². The third-order valence-electron chi connectivity index (χ3n) is 4.88. The van der Waals surface area contributed by atoms with Gasteiger partial charge in [0.2, 0.25) is 5.95 Å². The molecule has 0 radical (unpaired) electrons. The number of benzene rings is 1. The highest BCUT2D eigenvalue weighted by molar-refractivity contribution is 5.87. The fraction of sp³-hybridized carbons (Fsp3) is 0.190. The van der Waals surface area contributed by atoms with Crippen LogP contribution in [0.1, 0.15) is 11.1 Å². The largest absolute Gasteiger partial charge is 0.389 e. The van der Waals surface area contributed by atoms with Gasteiger partial charge in [-0.1, -0.05) is 29.8 Å². The predicted molar refractivity (Wildman–Crippen MR) is 115 cm³/mol. The van der Waals surface area contributed by atoms with Crippen molar-refractivity contribution in [3.8, 4) is 5.69 Å². The second-order valence-corrected chi connectivity index (χ2v) is 7.21. The Morgan fingerprint density at radius 3 is 2.87 bits per heavy atom. The molecule has 4 heterocycles. The van der Waals surface area contributed by atoms with Crippen LogP contribution in [0.4, 0.5) is 11.8 Å². The Bertz CT molecular complexity index is 1210. The lowest BCUT2D eigenvalue weighted by atomic mass is 10.2. The van der Waals surface area contributed by atoms with E-state index >= 15 is 0 Å². The van der Waals surface area contributed by atoms with Crippen molar-refractivity contribution in [1.29, 1.82) is 0 Å². The minimum atomic E-state index is -0.358. The molecular formula is C21H20N8O. The Labute approximate surface area is 172 Å². The maximum absolute atomic E-state index is 9.68. The SMILES string of the molecule is Cc1cccc(C=NNc2nc(N3CC(O)C3)nc3c2ncn3-c2cccnc2)c1. The molecule has 2 N–H and O–H groups in total. The number of hydrogen-bond donors (Lipinski definition) is 2. The van der Waals surface area contributed by atoms with Gasteiger partial charge in [-0.05, 0) is 24.6 Å². The van der Waals surface area contributed by atoms with Gasteiger partial charge in [0.15, 0.2) is 17.0 Å². The molecule has 5 rings (SSSR count). The summed E-state index contributed by atoms with van der Waals surface area (Å²) < 4.78 is 1.86. The molecule has 0 aliphatic carbocycles. The van der Waals surface area contributed by atoms with Gasteiger partial charge in [-0.15, -0.1) is 0 Å². The van der Waals surface area contributed by atoms with Gasteiger partial charge in [0.1, 0.15) is 6.33 Å². The van der Waals surface area contributed by atoms with E-state index in [1.165, 1.54) is 0 Å². The van der Waals surface area contributed by atoms with E-state index in [0.717, 1.165) is 16.8 Å². The van der Waals surface area contributed by atoms with Gasteiger partial charge in [-0.25, -0.2) is 4.98 Å². The van der Waals surface area contributed by atoms with Crippen molar-refractivity contribution in [3.63, 3.8) is 0 Å². The molecule has 1 aliphatic heterocycles. The van der Waals surface area contributed by atoms with Gasteiger partial charge in [-0.2, -0.15) is 15.1 Å². The molecule has 0 saturated carbocycles. The molecule has 1 fully saturated rings. The van der Waals surface area contributed by atoms with Crippen molar-refractivity contribution < 1.29 is 5.11 Å². The maximum atomic E-state index is 9.68. The number of nitrogens with one attached hydrogen (secondary N) is 1. The highest BCUT2D eigenvalue weighted by Crippen LogP contribution is 2.26. The molecule has 1 aliphatic rings. The van der Waals surface area contributed by atoms with Crippen LogP contribution in [0.3, 0.4) is 0 Å². The molecule has 4 aromatic rings. The third kappa shape index (κ3) is 3.46. The number of anilines is 2. The van der Waals surface area contributed by atoms with E-state index in [1.807, 2.05) is 52.8 Å². The van der Waals surface area contributed by atoms with E-state index in [0.29, 0.717) is 36.0 Å². The minimum Gasteiger partial charge on any atom is -0.389 e. The first-order chi connectivity index (χ1) is 14.7. The van der Waals surface area contributed by atoms with Crippen LogP contribution in [0.25, 0.3) is 16.9 Å². The predicted octanol–water partition coefficient (Wildman–Crippen LogP) is 2.15. The molecule has 0 atom stereocenters. The van der Waals surface area contributed by atoms with Crippen LogP contribution in [-0.4, -0.2) is 55.0 Å². The molecule has 1 saturated heterocycles. The zero-order valence-electron chi connectivity index (χ0n) is 16.3. The zero-order valence-corrected chi connectivity index (χ0v) is 16.3. The van der Waals surface area contributed by atoms with Crippen LogP contribution in [-0.2, 0) is 0 Å². The Balaban J connectivity index is 1.53. The normalized spacial score (nSPS) is 14.4. The number of aromatic nitrogens is 5. The average Bonchev–Trinajstić information content (AvgIpc) is 3.16. The second-order valence-electron chi connectivity index (χ2n) is 7.21. The number of imidazole rings is 1. The molecule has 0 unspecified atom stereocenters. The quantitative estimate of drug-likeness (QED) is 0.391. The van der Waals surface area contributed by atoms with Crippen molar-refractivity contribution in [3.05, 3.63) is 66.2 Å². The summed E-state index contributed by atoms with van der Waals surface area (Å²) in [6.07, 6.45) is 6.55. The average molecular weight is 400 g/mol. The molecule has 9 heteroatoms. The van der Waals surface area contributed by atoms with Crippen molar-refractivity contribution in [2.75, 3.05) is 23.4 Å². The van der Waals surface area contributed by atoms with E-state index in [-0.39, 0.29) is 6.10 Å². The van der Waals surface area contributed by atoms with Gasteiger partial charge >= 0.3 is 0 Å². The van der Waals surface area contributed by atoms with Crippen LogP contribution >= 0.6 is 0 Å². The van der Waals surface area contributed by atoms with Gasteiger partial charge < -0.3 is 10.0 Å². The lowest BCUT2D eigenvalue weighted by Crippen LogP contribution is -2.51. The highest BCUT2D eigenvalue weighted by Gasteiger charge is 2.28. The number of rotatable bonds is 5. The summed E-state index contributed by atoms with van der Waals surface area (Å²) in [6, 6.07) is 11.9. The second kappa shape index (κ2) is 7.53. The Hall–Kier alpha value is -3.85. The van der Waals surface area contributed by atoms with Crippen molar-refractivity contribution >= 4 is 29.1 Å². The Morgan fingerprint density at radius 1 is 1.20 bits per heavy atom. The van der Waals surface area contributed by atoms with E-state index in [2.05, 4.69) is 25.5 Å². The summed E-state index contributed by atoms with van der Waals surface area (Å²) in [4.78, 5) is 19.9. The number of aryl methyl sites for hydroxylation is 1. The van der Waals surface area contributed by atoms with Crippen molar-refractivity contribution in [2.24, 2.45) is 5.10 Å². The molecule has 3 aromatic heterocycles. The molecule has 30 heavy (non-hydrogen) atoms. The lowest BCUT2D eigenvalue weighted by Gasteiger charge is -2.35. The molecule has 0 spiro atoms. The number of aliphatic hydroxyl groups excluding tert-OH is 1. The Morgan fingerprint density at radius 2 is 2.10 bits per heavy atom. The molecular weight excluding hydrogens is 380 g/mol. The summed E-state index contributed by atoms with van der Waals surface area (Å²) in [5, 5.41) is 14.0. The van der Waals surface area contributed by atoms with Crippen LogP contribution in [0.15, 0.2) is 60.2 Å². The first kappa shape index (κ1) is 18.2. The first-order valence-corrected chi connectivity index (χ1v) is 9.61. The van der Waals surface area contributed by atoms with Gasteiger partial charge in [0.25, 0.3) is 0 Å². The number of aliphatic hydroxyl groups is 1. The highest BCUT2D eigenvalue weighted by atomic mass is 16.3. The molecule has 150 valence electrons. The van der Waals surface area contributed by atoms with Gasteiger partial charge in [-0.3, -0.25) is 15.0 Å². The van der Waals surface area contributed by atoms with Crippen LogP contribution < -0.4 is 10.3 Å². The standard InChI is InChI=1S/C21H20N8O/c1-14-4-2-5-15(8-14)9-24-27-19-18-20(26-21(25-19)28-11-17(30)12-28)29(13-23-18)16-6-3-7-22-10-16/h2-10,13,17,30H,11-12H2,1H3,(H,25,26,27). The summed E-state index contributed by atoms with van der Waals surface area (Å²) >= 11 is 0. The van der Waals surface area contributed by atoms with E-state index in [9.17, 15) is 5.11 Å². The number of hydrogen-bond acceptors (Lipinski definition) is 8. The number of pyridine rings is 1. The fourth-order valence-electron chi connectivity index (χ4n) is 3.33. The molecule has 0 bridgehead atoms. The maximum Gasteiger partial charge on any atom is 0.229 e. The molecule has 9 nitrogen and oxygen atoms in total. The number of fused-ring (bicyclic) bond motifs is 1. The van der Waals surface area contributed by atoms with Crippen LogP contribution in [0, 0.1) is 6.92 Å². The molecule has 1 aromatic carbocycles. The first-order valence-electron chi connectivity index (χ1n) is 9.61. The fourth-order valence-corrected chi connectivity index (χ4v) is 3.33. The van der Waals surface area contributed by atoms with E-state index < -0.39 is 0 Å². The lowest BCUT2D eigenvalue weighted by molar-refractivity contribution is 0.140. The van der Waals surface area contributed by atoms with Gasteiger partial charge in [0, 0.05) is 19.3 Å². The summed E-state index contributed by atoms with van der Waals surface area (Å²) in [6.45, 7) is 3.04. The van der Waals surface area contributed by atoms with Crippen LogP contribution in [0.5, 0.6) is 0 Å². The van der Waals surface area contributed by atoms with Crippen molar-refractivity contribution in [1.82, 2.24) is 24.5 Å². The van der Waals surface area contributed by atoms with E-state index in [4.69, 9.17) is 4.98 Å². The third-order valence-corrected chi connectivity index (χ3v) is 4.88.